The van der Waals surface area contributed by atoms with Crippen molar-refractivity contribution >= 4 is 5.91 Å². The van der Waals surface area contributed by atoms with Gasteiger partial charge in [0.2, 0.25) is 5.91 Å². The molecule has 3 N–H and O–H groups in total. The minimum atomic E-state index is -0.732. The fourth-order valence-electron chi connectivity index (χ4n) is 1.18. The third kappa shape index (κ3) is 5.02. The topological polar surface area (TPSA) is 55.1 Å². The van der Waals surface area contributed by atoms with Crippen LogP contribution in [0.2, 0.25) is 0 Å². The number of allylic oxidation sites excluding steroid dienone is 1. The average molecular weight is 198 g/mol. The van der Waals surface area contributed by atoms with Crippen molar-refractivity contribution in [3.05, 3.63) is 11.6 Å². The number of hydrogen-bond acceptors (Lipinski definition) is 2. The van der Waals surface area contributed by atoms with Crippen LogP contribution < -0.4 is 11.1 Å². The van der Waals surface area contributed by atoms with Crippen LogP contribution in [0.15, 0.2) is 11.6 Å². The van der Waals surface area contributed by atoms with Crippen molar-refractivity contribution in [1.82, 2.24) is 5.32 Å². The molecule has 0 saturated heterocycles. The molecule has 0 heterocycles. The lowest BCUT2D eigenvalue weighted by Crippen LogP contribution is -2.51. The van der Waals surface area contributed by atoms with E-state index in [0.717, 1.165) is 6.42 Å². The van der Waals surface area contributed by atoms with E-state index in [2.05, 4.69) is 5.32 Å². The van der Waals surface area contributed by atoms with E-state index in [4.69, 9.17) is 5.73 Å². The van der Waals surface area contributed by atoms with E-state index in [1.165, 1.54) is 5.57 Å². The van der Waals surface area contributed by atoms with Gasteiger partial charge in [-0.3, -0.25) is 4.79 Å². The molecule has 0 aromatic carbocycles. The maximum atomic E-state index is 11.6. The average Bonchev–Trinajstić information content (AvgIpc) is 2.03. The monoisotopic (exact) mass is 198 g/mol. The molecule has 0 fully saturated rings. The van der Waals surface area contributed by atoms with Gasteiger partial charge in [-0.2, -0.15) is 0 Å². The summed E-state index contributed by atoms with van der Waals surface area (Å²) < 4.78 is 0. The zero-order chi connectivity index (χ0) is 11.2. The number of nitrogens with one attached hydrogen (secondary N) is 1. The standard InChI is InChI=1S/C11H22N2O/c1-5-7-11(4,12)10(14)13-8-6-9(2)3/h6H,5,7-8,12H2,1-4H3,(H,13,14). The summed E-state index contributed by atoms with van der Waals surface area (Å²) in [7, 11) is 0. The first-order valence-electron chi connectivity index (χ1n) is 5.10. The highest BCUT2D eigenvalue weighted by Gasteiger charge is 2.26. The molecule has 14 heavy (non-hydrogen) atoms. The van der Waals surface area contributed by atoms with Crippen molar-refractivity contribution in [1.29, 1.82) is 0 Å². The Bertz CT molecular complexity index is 215. The van der Waals surface area contributed by atoms with Crippen LogP contribution >= 0.6 is 0 Å². The maximum Gasteiger partial charge on any atom is 0.240 e. The highest BCUT2D eigenvalue weighted by atomic mass is 16.2. The van der Waals surface area contributed by atoms with Crippen LogP contribution in [0.3, 0.4) is 0 Å². The molecule has 0 rings (SSSR count). The summed E-state index contributed by atoms with van der Waals surface area (Å²) in [6.07, 6.45) is 3.61. The molecular formula is C11H22N2O. The molecule has 0 aliphatic heterocycles. The minimum Gasteiger partial charge on any atom is -0.351 e. The Labute approximate surface area is 86.8 Å². The summed E-state index contributed by atoms with van der Waals surface area (Å²) in [5, 5.41) is 2.80. The quantitative estimate of drug-likeness (QED) is 0.659. The maximum absolute atomic E-state index is 11.6. The predicted molar refractivity (Wildman–Crippen MR) is 59.9 cm³/mol. The van der Waals surface area contributed by atoms with Crippen LogP contribution in [-0.2, 0) is 4.79 Å². The first-order chi connectivity index (χ1) is 6.40. The van der Waals surface area contributed by atoms with Gasteiger partial charge in [-0.15, -0.1) is 0 Å². The summed E-state index contributed by atoms with van der Waals surface area (Å²) in [6, 6.07) is 0. The van der Waals surface area contributed by atoms with Crippen LogP contribution in [-0.4, -0.2) is 18.0 Å². The largest absolute Gasteiger partial charge is 0.351 e. The van der Waals surface area contributed by atoms with Crippen molar-refractivity contribution in [2.45, 2.75) is 46.1 Å². The molecule has 0 bridgehead atoms. The molecule has 3 heteroatoms. The summed E-state index contributed by atoms with van der Waals surface area (Å²) >= 11 is 0. The molecule has 82 valence electrons. The van der Waals surface area contributed by atoms with Crippen molar-refractivity contribution in [3.8, 4) is 0 Å². The molecule has 3 nitrogen and oxygen atoms in total. The van der Waals surface area contributed by atoms with Gasteiger partial charge in [-0.1, -0.05) is 25.0 Å². The second-order valence-electron chi connectivity index (χ2n) is 4.16. The molecule has 0 aromatic rings. The van der Waals surface area contributed by atoms with Gasteiger partial charge < -0.3 is 11.1 Å². The molecule has 0 radical (unpaired) electrons. The van der Waals surface area contributed by atoms with Crippen molar-refractivity contribution in [2.24, 2.45) is 5.73 Å². The molecule has 0 aromatic heterocycles. The molecule has 0 spiro atoms. The zero-order valence-corrected chi connectivity index (χ0v) is 9.68. The summed E-state index contributed by atoms with van der Waals surface area (Å²) in [6.45, 7) is 8.36. The highest BCUT2D eigenvalue weighted by molar-refractivity contribution is 5.85. The minimum absolute atomic E-state index is 0.0724. The first kappa shape index (κ1) is 13.2. The lowest BCUT2D eigenvalue weighted by molar-refractivity contribution is -0.125. The number of hydrogen-bond donors (Lipinski definition) is 2. The van der Waals surface area contributed by atoms with E-state index >= 15 is 0 Å². The van der Waals surface area contributed by atoms with Gasteiger partial charge in [0, 0.05) is 6.54 Å². The lowest BCUT2D eigenvalue weighted by atomic mass is 9.96. The number of carbonyl (C=O) groups is 1. The van der Waals surface area contributed by atoms with E-state index < -0.39 is 5.54 Å². The lowest BCUT2D eigenvalue weighted by Gasteiger charge is -2.22. The second kappa shape index (κ2) is 5.81. The van der Waals surface area contributed by atoms with Gasteiger partial charge in [-0.05, 0) is 27.2 Å². The Morgan fingerprint density at radius 1 is 1.50 bits per heavy atom. The molecule has 1 unspecified atom stereocenters. The fraction of sp³-hybridized carbons (Fsp3) is 0.727. The molecule has 1 atom stereocenters. The van der Waals surface area contributed by atoms with E-state index in [1.807, 2.05) is 26.8 Å². The van der Waals surface area contributed by atoms with Crippen LogP contribution in [0.1, 0.15) is 40.5 Å². The SMILES string of the molecule is CCCC(C)(N)C(=O)NCC=C(C)C. The smallest absolute Gasteiger partial charge is 0.240 e. The zero-order valence-electron chi connectivity index (χ0n) is 9.68. The Kier molecular flexibility index (Phi) is 5.46. The van der Waals surface area contributed by atoms with Gasteiger partial charge in [-0.25, -0.2) is 0 Å². The second-order valence-corrected chi connectivity index (χ2v) is 4.16. The molecule has 0 saturated carbocycles. The van der Waals surface area contributed by atoms with E-state index in [-0.39, 0.29) is 5.91 Å². The van der Waals surface area contributed by atoms with Crippen LogP contribution in [0.25, 0.3) is 0 Å². The van der Waals surface area contributed by atoms with Gasteiger partial charge in [0.05, 0.1) is 5.54 Å². The predicted octanol–water partition coefficient (Wildman–Crippen LogP) is 1.59. The third-order valence-corrected chi connectivity index (χ3v) is 2.06. The normalized spacial score (nSPS) is 14.4. The van der Waals surface area contributed by atoms with Gasteiger partial charge in [0.25, 0.3) is 0 Å². The number of nitrogens with two attached hydrogens (primary N) is 1. The van der Waals surface area contributed by atoms with Gasteiger partial charge in [0.1, 0.15) is 0 Å². The van der Waals surface area contributed by atoms with Crippen LogP contribution in [0.5, 0.6) is 0 Å². The van der Waals surface area contributed by atoms with Gasteiger partial charge in [0.15, 0.2) is 0 Å². The number of carbonyl (C=O) groups excluding carboxylic acids is 1. The van der Waals surface area contributed by atoms with Crippen molar-refractivity contribution in [3.63, 3.8) is 0 Å². The Morgan fingerprint density at radius 3 is 2.50 bits per heavy atom. The molecule has 1 amide bonds. The van der Waals surface area contributed by atoms with Crippen LogP contribution in [0.4, 0.5) is 0 Å². The number of amides is 1. The highest BCUT2D eigenvalue weighted by Crippen LogP contribution is 2.07. The van der Waals surface area contributed by atoms with Crippen molar-refractivity contribution in [2.75, 3.05) is 6.54 Å². The summed E-state index contributed by atoms with van der Waals surface area (Å²) in [4.78, 5) is 11.6. The van der Waals surface area contributed by atoms with E-state index in [0.29, 0.717) is 13.0 Å². The molecule has 0 aliphatic rings. The molecular weight excluding hydrogens is 176 g/mol. The van der Waals surface area contributed by atoms with E-state index in [1.54, 1.807) is 6.92 Å². The summed E-state index contributed by atoms with van der Waals surface area (Å²) in [5.74, 6) is -0.0724. The van der Waals surface area contributed by atoms with Crippen LogP contribution in [0, 0.1) is 0 Å². The van der Waals surface area contributed by atoms with E-state index in [9.17, 15) is 4.79 Å². The summed E-state index contributed by atoms with van der Waals surface area (Å²) in [5.41, 5.74) is 6.32. The third-order valence-electron chi connectivity index (χ3n) is 2.06. The van der Waals surface area contributed by atoms with Crippen molar-refractivity contribution < 1.29 is 4.79 Å². The first-order valence-corrected chi connectivity index (χ1v) is 5.10. The number of rotatable bonds is 5. The Morgan fingerprint density at radius 2 is 2.07 bits per heavy atom. The molecule has 0 aliphatic carbocycles. The Hall–Kier alpha value is -0.830. The van der Waals surface area contributed by atoms with Gasteiger partial charge >= 0.3 is 0 Å². The Balaban J connectivity index is 4.01. The fourth-order valence-corrected chi connectivity index (χ4v) is 1.18.